The molecule has 0 bridgehead atoms. The molecule has 2 aliphatic rings. The molecule has 1 aromatic rings. The maximum absolute atomic E-state index is 9.21. The van der Waals surface area contributed by atoms with Gasteiger partial charge in [0.05, 0.1) is 6.61 Å². The van der Waals surface area contributed by atoms with Crippen LogP contribution in [0.3, 0.4) is 0 Å². The predicted octanol–water partition coefficient (Wildman–Crippen LogP) is 1.72. The Morgan fingerprint density at radius 1 is 1.43 bits per heavy atom. The Morgan fingerprint density at radius 2 is 2.29 bits per heavy atom. The Labute approximate surface area is 83.5 Å². The van der Waals surface area contributed by atoms with E-state index in [1.54, 1.807) is 0 Å². The van der Waals surface area contributed by atoms with Gasteiger partial charge in [-0.2, -0.15) is 0 Å². The Morgan fingerprint density at radius 3 is 3.07 bits per heavy atom. The van der Waals surface area contributed by atoms with E-state index in [9.17, 15) is 5.11 Å². The second-order valence-electron chi connectivity index (χ2n) is 4.33. The summed E-state index contributed by atoms with van der Waals surface area (Å²) in [6.45, 7) is 1.11. The maximum atomic E-state index is 9.21. The molecule has 14 heavy (non-hydrogen) atoms. The van der Waals surface area contributed by atoms with Crippen molar-refractivity contribution in [1.82, 2.24) is 0 Å². The zero-order valence-electron chi connectivity index (χ0n) is 8.07. The lowest BCUT2D eigenvalue weighted by molar-refractivity contribution is 0.224. The summed E-state index contributed by atoms with van der Waals surface area (Å²) >= 11 is 0. The minimum atomic E-state index is 0.254. The van der Waals surface area contributed by atoms with E-state index < -0.39 is 0 Å². The third-order valence-electron chi connectivity index (χ3n) is 3.68. The summed E-state index contributed by atoms with van der Waals surface area (Å²) in [6.07, 6.45) is 2.19. The van der Waals surface area contributed by atoms with Crippen molar-refractivity contribution in [2.24, 2.45) is 5.92 Å². The maximum Gasteiger partial charge on any atom is 0.123 e. The molecule has 1 spiro atoms. The Hall–Kier alpha value is -1.02. The molecule has 0 amide bonds. The number of aliphatic hydroxyl groups is 1. The fourth-order valence-electron chi connectivity index (χ4n) is 2.74. The molecule has 1 fully saturated rings. The first kappa shape index (κ1) is 8.30. The third-order valence-corrected chi connectivity index (χ3v) is 3.68. The van der Waals surface area contributed by atoms with E-state index in [1.807, 2.05) is 12.1 Å². The van der Waals surface area contributed by atoms with E-state index in [-0.39, 0.29) is 5.41 Å². The molecule has 1 saturated carbocycles. The van der Waals surface area contributed by atoms with Crippen molar-refractivity contribution in [1.29, 1.82) is 0 Å². The smallest absolute Gasteiger partial charge is 0.123 e. The summed E-state index contributed by atoms with van der Waals surface area (Å²) in [7, 11) is 0. The van der Waals surface area contributed by atoms with Crippen LogP contribution in [0.1, 0.15) is 18.4 Å². The van der Waals surface area contributed by atoms with Gasteiger partial charge in [0.2, 0.25) is 0 Å². The van der Waals surface area contributed by atoms with Crippen LogP contribution in [-0.4, -0.2) is 18.3 Å². The van der Waals surface area contributed by atoms with Gasteiger partial charge >= 0.3 is 0 Å². The van der Waals surface area contributed by atoms with Crippen molar-refractivity contribution in [3.05, 3.63) is 29.8 Å². The van der Waals surface area contributed by atoms with Crippen molar-refractivity contribution in [2.75, 3.05) is 13.2 Å². The first-order valence-corrected chi connectivity index (χ1v) is 5.20. The van der Waals surface area contributed by atoms with Gasteiger partial charge in [-0.1, -0.05) is 18.2 Å². The number of fused-ring (bicyclic) bond motifs is 2. The molecule has 1 N–H and O–H groups in total. The summed E-state index contributed by atoms with van der Waals surface area (Å²) in [5.41, 5.74) is 1.56. The normalized spacial score (nSPS) is 33.6. The highest BCUT2D eigenvalue weighted by Crippen LogP contribution is 2.60. The number of benzene rings is 1. The van der Waals surface area contributed by atoms with Crippen LogP contribution in [0.25, 0.3) is 0 Å². The van der Waals surface area contributed by atoms with Crippen molar-refractivity contribution >= 4 is 0 Å². The Balaban J connectivity index is 2.05. The molecule has 74 valence electrons. The zero-order valence-corrected chi connectivity index (χ0v) is 8.07. The minimum absolute atomic E-state index is 0.254. The highest BCUT2D eigenvalue weighted by molar-refractivity contribution is 5.46. The molecule has 0 aromatic heterocycles. The first-order valence-electron chi connectivity index (χ1n) is 5.20. The lowest BCUT2D eigenvalue weighted by Gasteiger charge is -2.26. The summed E-state index contributed by atoms with van der Waals surface area (Å²) in [5, 5.41) is 9.21. The second kappa shape index (κ2) is 2.74. The average molecular weight is 190 g/mol. The topological polar surface area (TPSA) is 29.5 Å². The predicted molar refractivity (Wildman–Crippen MR) is 53.4 cm³/mol. The van der Waals surface area contributed by atoms with Gasteiger partial charge in [0.25, 0.3) is 0 Å². The lowest BCUT2D eigenvalue weighted by Crippen LogP contribution is -2.22. The number of hydrogen-bond donors (Lipinski definition) is 1. The van der Waals surface area contributed by atoms with E-state index in [2.05, 4.69) is 12.1 Å². The lowest BCUT2D eigenvalue weighted by atomic mass is 9.88. The van der Waals surface area contributed by atoms with Gasteiger partial charge in [-0.25, -0.2) is 0 Å². The van der Waals surface area contributed by atoms with Gasteiger partial charge in [0.15, 0.2) is 0 Å². The molecule has 3 rings (SSSR count). The second-order valence-corrected chi connectivity index (χ2v) is 4.33. The van der Waals surface area contributed by atoms with Gasteiger partial charge in [0.1, 0.15) is 5.75 Å². The van der Waals surface area contributed by atoms with Gasteiger partial charge < -0.3 is 9.84 Å². The van der Waals surface area contributed by atoms with Crippen LogP contribution in [0.4, 0.5) is 0 Å². The van der Waals surface area contributed by atoms with Crippen LogP contribution in [0.5, 0.6) is 5.75 Å². The molecule has 2 heteroatoms. The van der Waals surface area contributed by atoms with Crippen LogP contribution in [-0.2, 0) is 5.41 Å². The number of aliphatic hydroxyl groups excluding tert-OH is 1. The fraction of sp³-hybridized carbons (Fsp3) is 0.500. The number of hydrogen-bond acceptors (Lipinski definition) is 2. The highest BCUT2D eigenvalue weighted by atomic mass is 16.5. The molecule has 1 aliphatic carbocycles. The van der Waals surface area contributed by atoms with E-state index in [0.29, 0.717) is 12.5 Å². The average Bonchev–Trinajstić information content (AvgIpc) is 2.94. The van der Waals surface area contributed by atoms with Crippen LogP contribution in [0.15, 0.2) is 24.3 Å². The van der Waals surface area contributed by atoms with Crippen molar-refractivity contribution in [2.45, 2.75) is 18.3 Å². The SMILES string of the molecule is OC[C@@H]1C[C@]12CCOc1ccccc12. The number of rotatable bonds is 1. The molecule has 0 unspecified atom stereocenters. The zero-order chi connectivity index (χ0) is 9.60. The first-order chi connectivity index (χ1) is 6.87. The van der Waals surface area contributed by atoms with Gasteiger partial charge in [-0.3, -0.25) is 0 Å². The van der Waals surface area contributed by atoms with Crippen LogP contribution < -0.4 is 4.74 Å². The molecule has 1 aliphatic heterocycles. The molecular weight excluding hydrogens is 176 g/mol. The molecule has 0 radical (unpaired) electrons. The largest absolute Gasteiger partial charge is 0.493 e. The fourth-order valence-corrected chi connectivity index (χ4v) is 2.74. The molecule has 2 nitrogen and oxygen atoms in total. The van der Waals surface area contributed by atoms with E-state index in [4.69, 9.17) is 4.74 Å². The minimum Gasteiger partial charge on any atom is -0.493 e. The van der Waals surface area contributed by atoms with E-state index in [0.717, 1.165) is 25.2 Å². The van der Waals surface area contributed by atoms with Crippen molar-refractivity contribution in [3.8, 4) is 5.75 Å². The van der Waals surface area contributed by atoms with E-state index in [1.165, 1.54) is 5.56 Å². The van der Waals surface area contributed by atoms with E-state index >= 15 is 0 Å². The monoisotopic (exact) mass is 190 g/mol. The Bertz CT molecular complexity index is 361. The van der Waals surface area contributed by atoms with Crippen molar-refractivity contribution in [3.63, 3.8) is 0 Å². The van der Waals surface area contributed by atoms with Crippen LogP contribution in [0.2, 0.25) is 0 Å². The molecule has 0 saturated heterocycles. The summed E-state index contributed by atoms with van der Waals surface area (Å²) in [4.78, 5) is 0. The molecule has 1 heterocycles. The third kappa shape index (κ3) is 0.947. The molecule has 1 aromatic carbocycles. The van der Waals surface area contributed by atoms with Gasteiger partial charge in [-0.05, 0) is 24.8 Å². The van der Waals surface area contributed by atoms with Gasteiger partial charge in [-0.15, -0.1) is 0 Å². The van der Waals surface area contributed by atoms with Crippen LogP contribution in [0, 0.1) is 5.92 Å². The highest BCUT2D eigenvalue weighted by Gasteiger charge is 2.56. The Kier molecular flexibility index (Phi) is 1.62. The molecule has 2 atom stereocenters. The number of para-hydroxylation sites is 1. The summed E-state index contributed by atoms with van der Waals surface area (Å²) in [6, 6.07) is 8.24. The quantitative estimate of drug-likeness (QED) is 0.730. The van der Waals surface area contributed by atoms with Crippen LogP contribution >= 0.6 is 0 Å². The standard InChI is InChI=1S/C12H14O2/c13-8-9-7-12(9)5-6-14-11-4-2-1-3-10(11)12/h1-4,9,13H,5-8H2/t9-,12+/m0/s1. The number of ether oxygens (including phenoxy) is 1. The summed E-state index contributed by atoms with van der Waals surface area (Å²) < 4.78 is 5.61. The van der Waals surface area contributed by atoms with Gasteiger partial charge in [0, 0.05) is 17.6 Å². The molecular formula is C12H14O2. The summed E-state index contributed by atoms with van der Waals surface area (Å²) in [5.74, 6) is 1.49. The van der Waals surface area contributed by atoms with Crippen molar-refractivity contribution < 1.29 is 9.84 Å².